The average Bonchev–Trinajstić information content (AvgIpc) is 2.93. The van der Waals surface area contributed by atoms with Crippen molar-refractivity contribution in [3.05, 3.63) is 71.8 Å². The third-order valence-electron chi connectivity index (χ3n) is 6.74. The maximum absolute atomic E-state index is 13.8. The zero-order valence-electron chi connectivity index (χ0n) is 17.4. The molecule has 1 amide bonds. The first kappa shape index (κ1) is 20.1. The van der Waals surface area contributed by atoms with Crippen LogP contribution in [0.5, 0.6) is 0 Å². The van der Waals surface area contributed by atoms with Crippen LogP contribution in [0.4, 0.5) is 0 Å². The maximum Gasteiger partial charge on any atom is 0.224 e. The summed E-state index contributed by atoms with van der Waals surface area (Å²) in [4.78, 5) is 18.3. The Balaban J connectivity index is 1.62. The largest absolute Gasteiger partial charge is 0.381 e. The van der Waals surface area contributed by atoms with Crippen LogP contribution in [0.2, 0.25) is 0 Å². The van der Waals surface area contributed by atoms with Gasteiger partial charge in [0.25, 0.3) is 0 Å². The van der Waals surface area contributed by atoms with E-state index in [-0.39, 0.29) is 17.4 Å². The van der Waals surface area contributed by atoms with Crippen molar-refractivity contribution in [3.8, 4) is 0 Å². The van der Waals surface area contributed by atoms with Crippen molar-refractivity contribution in [2.75, 3.05) is 39.9 Å². The zero-order chi connectivity index (χ0) is 20.1. The molecule has 2 aliphatic heterocycles. The fourth-order valence-electron chi connectivity index (χ4n) is 4.90. The Bertz CT molecular complexity index is 747. The number of hydrogen-bond donors (Lipinski definition) is 0. The van der Waals surface area contributed by atoms with Gasteiger partial charge in [0, 0.05) is 50.7 Å². The first-order chi connectivity index (χ1) is 14.2. The number of carbonyl (C=O) groups is 1. The molecule has 154 valence electrons. The second-order valence-electron chi connectivity index (χ2n) is 8.51. The van der Waals surface area contributed by atoms with Gasteiger partial charge in [0.2, 0.25) is 5.91 Å². The molecule has 0 atom stereocenters. The van der Waals surface area contributed by atoms with E-state index in [1.54, 1.807) is 0 Å². The summed E-state index contributed by atoms with van der Waals surface area (Å²) in [5.41, 5.74) is 2.37. The van der Waals surface area contributed by atoms with Crippen molar-refractivity contribution >= 4 is 5.91 Å². The van der Waals surface area contributed by atoms with Crippen LogP contribution in [-0.2, 0) is 9.53 Å². The van der Waals surface area contributed by atoms with Crippen LogP contribution >= 0.6 is 0 Å². The highest BCUT2D eigenvalue weighted by atomic mass is 16.5. The summed E-state index contributed by atoms with van der Waals surface area (Å²) in [5, 5.41) is 0. The minimum atomic E-state index is -0.0436. The van der Waals surface area contributed by atoms with Crippen molar-refractivity contribution in [2.24, 2.45) is 0 Å². The lowest BCUT2D eigenvalue weighted by molar-refractivity contribution is -0.142. The molecule has 4 nitrogen and oxygen atoms in total. The molecular weight excluding hydrogens is 360 g/mol. The van der Waals surface area contributed by atoms with Gasteiger partial charge in [0.05, 0.1) is 0 Å². The average molecular weight is 393 g/mol. The van der Waals surface area contributed by atoms with E-state index < -0.39 is 0 Å². The first-order valence-corrected chi connectivity index (χ1v) is 10.8. The van der Waals surface area contributed by atoms with Crippen molar-refractivity contribution in [3.63, 3.8) is 0 Å². The monoisotopic (exact) mass is 392 g/mol. The fraction of sp³-hybridized carbons (Fsp3) is 0.480. The molecule has 0 saturated carbocycles. The van der Waals surface area contributed by atoms with Gasteiger partial charge in [-0.2, -0.15) is 0 Å². The van der Waals surface area contributed by atoms with Crippen LogP contribution in [-0.4, -0.2) is 61.1 Å². The predicted octanol–water partition coefficient (Wildman–Crippen LogP) is 3.92. The molecule has 2 aromatic rings. The lowest BCUT2D eigenvalue weighted by atomic mass is 9.83. The lowest BCUT2D eigenvalue weighted by Gasteiger charge is -2.45. The van der Waals surface area contributed by atoms with Crippen molar-refractivity contribution < 1.29 is 9.53 Å². The Morgan fingerprint density at radius 2 is 1.48 bits per heavy atom. The van der Waals surface area contributed by atoms with Gasteiger partial charge in [-0.05, 0) is 37.4 Å². The minimum absolute atomic E-state index is 0.0436. The molecule has 2 saturated heterocycles. The van der Waals surface area contributed by atoms with Crippen LogP contribution in [0.25, 0.3) is 0 Å². The Morgan fingerprint density at radius 1 is 0.897 bits per heavy atom. The summed E-state index contributed by atoms with van der Waals surface area (Å²) in [5.74, 6) is 0.364. The number of carbonyl (C=O) groups excluding carboxylic acids is 1. The van der Waals surface area contributed by atoms with E-state index in [1.165, 1.54) is 11.1 Å². The number of ether oxygens (including phenoxy) is 1. The number of nitrogens with zero attached hydrogens (tertiary/aromatic N) is 2. The van der Waals surface area contributed by atoms with E-state index >= 15 is 0 Å². The molecule has 0 bridgehead atoms. The van der Waals surface area contributed by atoms with Gasteiger partial charge >= 0.3 is 0 Å². The predicted molar refractivity (Wildman–Crippen MR) is 116 cm³/mol. The van der Waals surface area contributed by atoms with E-state index in [2.05, 4.69) is 65.4 Å². The minimum Gasteiger partial charge on any atom is -0.381 e. The molecule has 4 heteroatoms. The maximum atomic E-state index is 13.8. The van der Waals surface area contributed by atoms with Gasteiger partial charge in [-0.3, -0.25) is 4.79 Å². The number of hydrogen-bond acceptors (Lipinski definition) is 3. The molecule has 2 aliphatic rings. The molecule has 4 rings (SSSR count). The van der Waals surface area contributed by atoms with E-state index in [9.17, 15) is 4.79 Å². The number of amides is 1. The summed E-state index contributed by atoms with van der Waals surface area (Å²) >= 11 is 0. The Kier molecular flexibility index (Phi) is 6.31. The van der Waals surface area contributed by atoms with E-state index in [0.717, 1.165) is 52.1 Å². The number of benzene rings is 2. The molecule has 2 heterocycles. The second kappa shape index (κ2) is 9.10. The van der Waals surface area contributed by atoms with Gasteiger partial charge in [-0.25, -0.2) is 0 Å². The molecular formula is C25H32N2O2. The molecule has 2 fully saturated rings. The molecule has 0 unspecified atom stereocenters. The SMILES string of the molecule is CN1CCN(C(=O)CC(c2ccccc2)c2ccccc2)C2(CCOCC2)CC1. The van der Waals surface area contributed by atoms with Crippen LogP contribution in [0, 0.1) is 0 Å². The third kappa shape index (κ3) is 4.54. The molecule has 0 radical (unpaired) electrons. The van der Waals surface area contributed by atoms with Crippen LogP contribution in [0.1, 0.15) is 42.7 Å². The van der Waals surface area contributed by atoms with Crippen molar-refractivity contribution in [1.29, 1.82) is 0 Å². The molecule has 0 N–H and O–H groups in total. The summed E-state index contributed by atoms with van der Waals surface area (Å²) in [6, 6.07) is 20.9. The van der Waals surface area contributed by atoms with Crippen molar-refractivity contribution in [2.45, 2.75) is 37.1 Å². The number of likely N-dealkylation sites (N-methyl/N-ethyl adjacent to an activating group) is 1. The number of rotatable bonds is 4. The van der Waals surface area contributed by atoms with Crippen LogP contribution < -0.4 is 0 Å². The van der Waals surface area contributed by atoms with Gasteiger partial charge < -0.3 is 14.5 Å². The third-order valence-corrected chi connectivity index (χ3v) is 6.74. The van der Waals surface area contributed by atoms with E-state index in [0.29, 0.717) is 6.42 Å². The van der Waals surface area contributed by atoms with Gasteiger partial charge in [-0.15, -0.1) is 0 Å². The molecule has 29 heavy (non-hydrogen) atoms. The van der Waals surface area contributed by atoms with Gasteiger partial charge in [0.1, 0.15) is 0 Å². The van der Waals surface area contributed by atoms with Crippen molar-refractivity contribution in [1.82, 2.24) is 9.80 Å². The first-order valence-electron chi connectivity index (χ1n) is 10.8. The summed E-state index contributed by atoms with van der Waals surface area (Å²) in [6.45, 7) is 4.31. The van der Waals surface area contributed by atoms with Crippen LogP contribution in [0.15, 0.2) is 60.7 Å². The highest BCUT2D eigenvalue weighted by molar-refractivity contribution is 5.79. The van der Waals surface area contributed by atoms with E-state index in [1.807, 2.05) is 12.1 Å². The van der Waals surface area contributed by atoms with Gasteiger partial charge in [-0.1, -0.05) is 60.7 Å². The normalized spacial score (nSPS) is 20.0. The van der Waals surface area contributed by atoms with Crippen LogP contribution in [0.3, 0.4) is 0 Å². The molecule has 1 spiro atoms. The summed E-state index contributed by atoms with van der Waals surface area (Å²) < 4.78 is 5.66. The summed E-state index contributed by atoms with van der Waals surface area (Å²) in [6.07, 6.45) is 3.46. The Morgan fingerprint density at radius 3 is 2.07 bits per heavy atom. The standard InChI is InChI=1S/C25H32N2O2/c1-26-15-12-25(13-18-29-19-14-25)27(17-16-26)24(28)20-23(21-8-4-2-5-9-21)22-10-6-3-7-11-22/h2-11,23H,12-20H2,1H3. The highest BCUT2D eigenvalue weighted by Gasteiger charge is 2.42. The molecule has 0 aliphatic carbocycles. The lowest BCUT2D eigenvalue weighted by Crippen LogP contribution is -2.55. The summed E-state index contributed by atoms with van der Waals surface area (Å²) in [7, 11) is 2.16. The second-order valence-corrected chi connectivity index (χ2v) is 8.51. The smallest absolute Gasteiger partial charge is 0.224 e. The quantitative estimate of drug-likeness (QED) is 0.791. The Labute approximate surface area is 174 Å². The molecule has 2 aromatic carbocycles. The highest BCUT2D eigenvalue weighted by Crippen LogP contribution is 2.36. The van der Waals surface area contributed by atoms with E-state index in [4.69, 9.17) is 4.74 Å². The van der Waals surface area contributed by atoms with Gasteiger partial charge in [0.15, 0.2) is 0 Å². The Hall–Kier alpha value is -2.17. The topological polar surface area (TPSA) is 32.8 Å². The fourth-order valence-corrected chi connectivity index (χ4v) is 4.90. The zero-order valence-corrected chi connectivity index (χ0v) is 17.4. The molecule has 0 aromatic heterocycles.